The summed E-state index contributed by atoms with van der Waals surface area (Å²) >= 11 is 3.20. The Morgan fingerprint density at radius 1 is 1.20 bits per heavy atom. The summed E-state index contributed by atoms with van der Waals surface area (Å²) in [7, 11) is 0. The number of likely N-dealkylation sites (tertiary alicyclic amines) is 1. The molecule has 0 bridgehead atoms. The van der Waals surface area contributed by atoms with Crippen LogP contribution >= 0.6 is 23.1 Å². The highest BCUT2D eigenvalue weighted by atomic mass is 32.2. The van der Waals surface area contributed by atoms with Crippen molar-refractivity contribution in [3.8, 4) is 10.4 Å². The maximum Gasteiger partial charge on any atom is 0.247 e. The van der Waals surface area contributed by atoms with E-state index in [1.54, 1.807) is 23.1 Å². The number of benzene rings is 1. The fourth-order valence-corrected chi connectivity index (χ4v) is 6.96. The minimum Gasteiger partial charge on any atom is -0.391 e. The number of amides is 3. The van der Waals surface area contributed by atoms with E-state index in [9.17, 15) is 19.5 Å². The lowest BCUT2D eigenvalue weighted by Crippen LogP contribution is -2.59. The highest BCUT2D eigenvalue weighted by Crippen LogP contribution is 2.33. The second-order valence-electron chi connectivity index (χ2n) is 10.9. The number of unbranched alkanes of at least 4 members (excludes halogenated alkanes) is 2. The van der Waals surface area contributed by atoms with Gasteiger partial charge in [-0.2, -0.15) is 11.8 Å². The zero-order chi connectivity index (χ0) is 29.4. The van der Waals surface area contributed by atoms with E-state index in [0.29, 0.717) is 6.54 Å². The van der Waals surface area contributed by atoms with E-state index in [1.165, 1.54) is 11.8 Å². The Labute approximate surface area is 245 Å². The highest BCUT2D eigenvalue weighted by Gasteiger charge is 2.46. The summed E-state index contributed by atoms with van der Waals surface area (Å²) < 4.78 is -0.620. The molecule has 1 fully saturated rings. The lowest BCUT2D eigenvalue weighted by molar-refractivity contribution is -0.142. The van der Waals surface area contributed by atoms with Gasteiger partial charge < -0.3 is 26.4 Å². The van der Waals surface area contributed by atoms with Crippen LogP contribution in [-0.4, -0.2) is 74.5 Å². The van der Waals surface area contributed by atoms with Gasteiger partial charge in [0, 0.05) is 24.6 Å². The van der Waals surface area contributed by atoms with E-state index in [1.807, 2.05) is 57.5 Å². The number of nitrogens with zero attached hydrogens (tertiary/aromatic N) is 2. The normalized spacial score (nSPS) is 18.8. The van der Waals surface area contributed by atoms with Crippen molar-refractivity contribution in [1.82, 2.24) is 20.5 Å². The Hall–Kier alpha value is -2.47. The summed E-state index contributed by atoms with van der Waals surface area (Å²) in [5.41, 5.74) is 10.4. The van der Waals surface area contributed by atoms with Gasteiger partial charge in [0.15, 0.2) is 0 Å². The van der Waals surface area contributed by atoms with Crippen LogP contribution in [-0.2, 0) is 14.4 Å². The van der Waals surface area contributed by atoms with Gasteiger partial charge in [-0.25, -0.2) is 4.98 Å². The van der Waals surface area contributed by atoms with Crippen LogP contribution in [0, 0.1) is 6.92 Å². The summed E-state index contributed by atoms with van der Waals surface area (Å²) in [6.07, 6.45) is 2.24. The van der Waals surface area contributed by atoms with Gasteiger partial charge in [-0.1, -0.05) is 30.7 Å². The number of hydrogen-bond acceptors (Lipinski definition) is 8. The van der Waals surface area contributed by atoms with Crippen LogP contribution in [0.3, 0.4) is 0 Å². The first-order chi connectivity index (χ1) is 18.9. The molecule has 5 N–H and O–H groups in total. The van der Waals surface area contributed by atoms with Gasteiger partial charge >= 0.3 is 0 Å². The third kappa shape index (κ3) is 8.28. The monoisotopic (exact) mass is 589 g/mol. The van der Waals surface area contributed by atoms with Gasteiger partial charge in [0.25, 0.3) is 0 Å². The largest absolute Gasteiger partial charge is 0.391 e. The molecule has 0 spiro atoms. The van der Waals surface area contributed by atoms with Crippen molar-refractivity contribution >= 4 is 40.8 Å². The number of hydrogen-bond donors (Lipinski definition) is 4. The lowest BCUT2D eigenvalue weighted by atomic mass is 10.0. The number of aliphatic hydroxyl groups is 1. The minimum absolute atomic E-state index is 0.0432. The standard InChI is InChI=1S/C29H43N5O4S2/c1-18(21-9-11-22(12-10-21)25-19(2)31-17-39-25)32-27(37)24-15-23(36)16-34(24)28(38)26(33-20(3)35)29(4,5)40-14-8-6-7-13-30/h9-12,17-18,23-24,26,36H,6-8,13-16,30H2,1-5H3,(H,32,37)(H,33,35)/t18-,23+,24-,26+/m0/s1. The Morgan fingerprint density at radius 2 is 1.90 bits per heavy atom. The van der Waals surface area contributed by atoms with Crippen molar-refractivity contribution < 1.29 is 19.5 Å². The highest BCUT2D eigenvalue weighted by molar-refractivity contribution is 8.00. The van der Waals surface area contributed by atoms with E-state index in [2.05, 4.69) is 15.6 Å². The molecule has 2 heterocycles. The van der Waals surface area contributed by atoms with Gasteiger partial charge in [-0.15, -0.1) is 11.3 Å². The van der Waals surface area contributed by atoms with Crippen LogP contribution in [0.15, 0.2) is 29.8 Å². The predicted octanol–water partition coefficient (Wildman–Crippen LogP) is 3.40. The van der Waals surface area contributed by atoms with E-state index in [4.69, 9.17) is 5.73 Å². The van der Waals surface area contributed by atoms with Crippen molar-refractivity contribution in [3.63, 3.8) is 0 Å². The molecule has 40 heavy (non-hydrogen) atoms. The maximum atomic E-state index is 13.8. The quantitative estimate of drug-likeness (QED) is 0.263. The molecule has 0 aliphatic carbocycles. The van der Waals surface area contributed by atoms with Crippen LogP contribution in [0.25, 0.3) is 10.4 Å². The Bertz CT molecular complexity index is 1150. The fourth-order valence-electron chi connectivity index (χ4n) is 4.94. The molecule has 0 saturated carbocycles. The first-order valence-corrected chi connectivity index (χ1v) is 15.7. The van der Waals surface area contributed by atoms with E-state index >= 15 is 0 Å². The number of carbonyl (C=O) groups excluding carboxylic acids is 3. The molecule has 9 nitrogen and oxygen atoms in total. The third-order valence-corrected chi connectivity index (χ3v) is 9.70. The Balaban J connectivity index is 1.70. The van der Waals surface area contributed by atoms with Gasteiger partial charge in [0.05, 0.1) is 28.2 Å². The van der Waals surface area contributed by atoms with Crippen LogP contribution in [0.1, 0.15) is 70.7 Å². The molecule has 2 aromatic rings. The fraction of sp³-hybridized carbons (Fsp3) is 0.586. The summed E-state index contributed by atoms with van der Waals surface area (Å²) in [5.74, 6) is -0.180. The van der Waals surface area contributed by atoms with E-state index < -0.39 is 22.9 Å². The predicted molar refractivity (Wildman–Crippen MR) is 162 cm³/mol. The van der Waals surface area contributed by atoms with Crippen LogP contribution in [0.2, 0.25) is 0 Å². The van der Waals surface area contributed by atoms with Crippen molar-refractivity contribution in [3.05, 3.63) is 41.0 Å². The van der Waals surface area contributed by atoms with Gasteiger partial charge in [0.2, 0.25) is 17.7 Å². The van der Waals surface area contributed by atoms with Crippen LogP contribution in [0.4, 0.5) is 0 Å². The van der Waals surface area contributed by atoms with Crippen LogP contribution in [0.5, 0.6) is 0 Å². The summed E-state index contributed by atoms with van der Waals surface area (Å²) in [5, 5.41) is 16.3. The SMILES string of the molecule is CC(=O)N[C@H](C(=O)N1C[C@H](O)C[C@H]1C(=O)N[C@@H](C)c1ccc(-c2scnc2C)cc1)C(C)(C)SCCCCCN. The molecule has 1 aliphatic heterocycles. The zero-order valence-corrected chi connectivity index (χ0v) is 25.7. The molecule has 3 rings (SSSR count). The van der Waals surface area contributed by atoms with Gasteiger partial charge in [-0.3, -0.25) is 14.4 Å². The average molecular weight is 590 g/mol. The number of thiazole rings is 1. The van der Waals surface area contributed by atoms with Crippen LogP contribution < -0.4 is 16.4 Å². The maximum absolute atomic E-state index is 13.8. The number of nitrogens with two attached hydrogens (primary N) is 1. The molecule has 3 amide bonds. The summed E-state index contributed by atoms with van der Waals surface area (Å²) in [6, 6.07) is 6.02. The molecule has 220 valence electrons. The number of thioether (sulfide) groups is 1. The Morgan fingerprint density at radius 3 is 2.50 bits per heavy atom. The zero-order valence-electron chi connectivity index (χ0n) is 24.1. The van der Waals surface area contributed by atoms with Gasteiger partial charge in [0.1, 0.15) is 12.1 Å². The second kappa shape index (κ2) is 14.4. The minimum atomic E-state index is -0.842. The number of aromatic nitrogens is 1. The number of β-amino-alcohol motifs (C(OH)–C–C–N with tert-alkyl or cyclic N) is 1. The molecule has 1 saturated heterocycles. The molecule has 11 heteroatoms. The number of nitrogens with one attached hydrogen (secondary N) is 2. The van der Waals surface area contributed by atoms with Crippen molar-refractivity contribution in [2.75, 3.05) is 18.8 Å². The van der Waals surface area contributed by atoms with Crippen molar-refractivity contribution in [2.45, 2.75) is 89.3 Å². The molecular weight excluding hydrogens is 546 g/mol. The molecule has 4 atom stereocenters. The topological polar surface area (TPSA) is 138 Å². The third-order valence-electron chi connectivity index (χ3n) is 7.25. The number of aryl methyl sites for hydroxylation is 1. The second-order valence-corrected chi connectivity index (χ2v) is 13.6. The van der Waals surface area contributed by atoms with E-state index in [-0.39, 0.29) is 36.7 Å². The number of carbonyl (C=O) groups is 3. The van der Waals surface area contributed by atoms with E-state index in [0.717, 1.165) is 46.7 Å². The number of rotatable bonds is 13. The Kier molecular flexibility index (Phi) is 11.6. The average Bonchev–Trinajstić information content (AvgIpc) is 3.52. The molecule has 0 unspecified atom stereocenters. The molecule has 1 aromatic carbocycles. The first-order valence-electron chi connectivity index (χ1n) is 13.8. The van der Waals surface area contributed by atoms with Crippen molar-refractivity contribution in [1.29, 1.82) is 0 Å². The van der Waals surface area contributed by atoms with Crippen molar-refractivity contribution in [2.24, 2.45) is 5.73 Å². The summed E-state index contributed by atoms with van der Waals surface area (Å²) in [6.45, 7) is 9.81. The molecular formula is C29H43N5O4S2. The number of aliphatic hydroxyl groups excluding tert-OH is 1. The first kappa shape index (κ1) is 32.0. The van der Waals surface area contributed by atoms with Gasteiger partial charge in [-0.05, 0) is 64.0 Å². The lowest BCUT2D eigenvalue weighted by Gasteiger charge is -2.37. The smallest absolute Gasteiger partial charge is 0.247 e. The molecule has 0 radical (unpaired) electrons. The molecule has 1 aromatic heterocycles. The molecule has 1 aliphatic rings. The summed E-state index contributed by atoms with van der Waals surface area (Å²) in [4.78, 5) is 46.2.